The molecule has 1 aliphatic rings. The highest BCUT2D eigenvalue weighted by atomic mass is 16.1. The van der Waals surface area contributed by atoms with Crippen molar-refractivity contribution in [3.05, 3.63) is 34.9 Å². The standard InChI is InChI=1S/C15H20O/c1-14(2,3)10-6-7-11-12(8-10)15(4,5)9-13(11)16/h6-8H,9H2,1-5H3. The summed E-state index contributed by atoms with van der Waals surface area (Å²) in [7, 11) is 0. The summed E-state index contributed by atoms with van der Waals surface area (Å²) in [4.78, 5) is 11.8. The van der Waals surface area contributed by atoms with Crippen LogP contribution in [-0.4, -0.2) is 5.78 Å². The minimum absolute atomic E-state index is 0.00762. The third-order valence-corrected chi connectivity index (χ3v) is 3.52. The molecule has 0 radical (unpaired) electrons. The Labute approximate surface area is 97.9 Å². The van der Waals surface area contributed by atoms with Crippen molar-refractivity contribution in [3.63, 3.8) is 0 Å². The molecule has 86 valence electrons. The monoisotopic (exact) mass is 216 g/mol. The average molecular weight is 216 g/mol. The Morgan fingerprint density at radius 2 is 1.81 bits per heavy atom. The van der Waals surface area contributed by atoms with Crippen LogP contribution in [0, 0.1) is 0 Å². The summed E-state index contributed by atoms with van der Waals surface area (Å²) in [6, 6.07) is 6.32. The van der Waals surface area contributed by atoms with E-state index in [1.807, 2.05) is 6.07 Å². The maximum absolute atomic E-state index is 11.8. The highest BCUT2D eigenvalue weighted by molar-refractivity contribution is 6.02. The highest BCUT2D eigenvalue weighted by Crippen LogP contribution is 2.40. The fourth-order valence-electron chi connectivity index (χ4n) is 2.41. The number of ketones is 1. The summed E-state index contributed by atoms with van der Waals surface area (Å²) >= 11 is 0. The Kier molecular flexibility index (Phi) is 2.27. The van der Waals surface area contributed by atoms with Gasteiger partial charge in [-0.25, -0.2) is 0 Å². The average Bonchev–Trinajstić information content (AvgIpc) is 2.36. The molecule has 0 spiro atoms. The van der Waals surface area contributed by atoms with Crippen LogP contribution in [0.4, 0.5) is 0 Å². The number of fused-ring (bicyclic) bond motifs is 1. The van der Waals surface area contributed by atoms with E-state index >= 15 is 0 Å². The van der Waals surface area contributed by atoms with Crippen LogP contribution in [0.5, 0.6) is 0 Å². The molecule has 1 aliphatic carbocycles. The van der Waals surface area contributed by atoms with Gasteiger partial charge in [-0.3, -0.25) is 4.79 Å². The Bertz CT molecular complexity index is 447. The SMILES string of the molecule is CC(C)(C)c1ccc2c(c1)C(C)(C)CC2=O. The lowest BCUT2D eigenvalue weighted by atomic mass is 9.81. The molecular weight excluding hydrogens is 196 g/mol. The Hall–Kier alpha value is -1.11. The first kappa shape index (κ1) is 11.4. The molecule has 0 saturated heterocycles. The molecule has 16 heavy (non-hydrogen) atoms. The molecule has 0 atom stereocenters. The van der Waals surface area contributed by atoms with Crippen molar-refractivity contribution >= 4 is 5.78 Å². The van der Waals surface area contributed by atoms with E-state index in [4.69, 9.17) is 0 Å². The van der Waals surface area contributed by atoms with Gasteiger partial charge in [0.2, 0.25) is 0 Å². The van der Waals surface area contributed by atoms with E-state index in [9.17, 15) is 4.79 Å². The molecule has 0 N–H and O–H groups in total. The van der Waals surface area contributed by atoms with Gasteiger partial charge >= 0.3 is 0 Å². The van der Waals surface area contributed by atoms with Crippen molar-refractivity contribution in [2.75, 3.05) is 0 Å². The summed E-state index contributed by atoms with van der Waals surface area (Å²) in [5, 5.41) is 0. The molecule has 2 rings (SSSR count). The number of hydrogen-bond acceptors (Lipinski definition) is 1. The molecule has 0 heterocycles. The maximum atomic E-state index is 11.8. The number of benzene rings is 1. The normalized spacial score (nSPS) is 18.7. The third-order valence-electron chi connectivity index (χ3n) is 3.52. The zero-order valence-corrected chi connectivity index (χ0v) is 10.8. The first-order chi connectivity index (χ1) is 7.22. The largest absolute Gasteiger partial charge is 0.294 e. The molecule has 1 aromatic carbocycles. The van der Waals surface area contributed by atoms with E-state index in [0.717, 1.165) is 5.56 Å². The lowest BCUT2D eigenvalue weighted by Crippen LogP contribution is -2.16. The van der Waals surface area contributed by atoms with Crippen LogP contribution in [0.15, 0.2) is 18.2 Å². The zero-order chi connectivity index (χ0) is 12.1. The lowest BCUT2D eigenvalue weighted by Gasteiger charge is -2.23. The number of hydrogen-bond donors (Lipinski definition) is 0. The molecule has 0 aromatic heterocycles. The molecule has 0 aliphatic heterocycles. The van der Waals surface area contributed by atoms with Crippen molar-refractivity contribution < 1.29 is 4.79 Å². The van der Waals surface area contributed by atoms with E-state index in [-0.39, 0.29) is 10.8 Å². The van der Waals surface area contributed by atoms with E-state index in [2.05, 4.69) is 46.8 Å². The molecule has 0 amide bonds. The van der Waals surface area contributed by atoms with Gasteiger partial charge in [0, 0.05) is 12.0 Å². The predicted octanol–water partition coefficient (Wildman–Crippen LogP) is 3.85. The van der Waals surface area contributed by atoms with Crippen molar-refractivity contribution in [1.82, 2.24) is 0 Å². The summed E-state index contributed by atoms with van der Waals surface area (Å²) in [5.41, 5.74) is 3.63. The molecule has 1 heteroatoms. The topological polar surface area (TPSA) is 17.1 Å². The first-order valence-electron chi connectivity index (χ1n) is 5.90. The van der Waals surface area contributed by atoms with Crippen LogP contribution >= 0.6 is 0 Å². The summed E-state index contributed by atoms with van der Waals surface area (Å²) in [6.07, 6.45) is 0.649. The fraction of sp³-hybridized carbons (Fsp3) is 0.533. The van der Waals surface area contributed by atoms with E-state index in [1.54, 1.807) is 0 Å². The molecule has 0 fully saturated rings. The lowest BCUT2D eigenvalue weighted by molar-refractivity contribution is 0.0979. The van der Waals surface area contributed by atoms with E-state index in [0.29, 0.717) is 12.2 Å². The number of Topliss-reactive ketones (excluding diaryl/α,β-unsaturated/α-hetero) is 1. The van der Waals surface area contributed by atoms with Crippen LogP contribution in [0.1, 0.15) is 62.5 Å². The van der Waals surface area contributed by atoms with Crippen molar-refractivity contribution in [1.29, 1.82) is 0 Å². The fourth-order valence-corrected chi connectivity index (χ4v) is 2.41. The minimum Gasteiger partial charge on any atom is -0.294 e. The van der Waals surface area contributed by atoms with Crippen molar-refractivity contribution in [2.24, 2.45) is 0 Å². The summed E-state index contributed by atoms with van der Waals surface area (Å²) in [6.45, 7) is 10.9. The number of carbonyl (C=O) groups is 1. The third kappa shape index (κ3) is 1.68. The van der Waals surface area contributed by atoms with Gasteiger partial charge in [0.1, 0.15) is 0 Å². The van der Waals surface area contributed by atoms with E-state index < -0.39 is 0 Å². The minimum atomic E-state index is 0.00762. The van der Waals surface area contributed by atoms with E-state index in [1.165, 1.54) is 11.1 Å². The summed E-state index contributed by atoms with van der Waals surface area (Å²) < 4.78 is 0. The van der Waals surface area contributed by atoms with Crippen LogP contribution in [0.2, 0.25) is 0 Å². The van der Waals surface area contributed by atoms with Gasteiger partial charge in [-0.2, -0.15) is 0 Å². The molecule has 0 unspecified atom stereocenters. The number of carbonyl (C=O) groups excluding carboxylic acids is 1. The molecule has 0 saturated carbocycles. The molecule has 1 nitrogen and oxygen atoms in total. The van der Waals surface area contributed by atoms with Gasteiger partial charge in [-0.1, -0.05) is 52.8 Å². The molecule has 1 aromatic rings. The van der Waals surface area contributed by atoms with Crippen LogP contribution in [-0.2, 0) is 10.8 Å². The Morgan fingerprint density at radius 3 is 2.38 bits per heavy atom. The Balaban J connectivity index is 2.59. The van der Waals surface area contributed by atoms with Crippen LogP contribution in [0.3, 0.4) is 0 Å². The molecule has 0 bridgehead atoms. The highest BCUT2D eigenvalue weighted by Gasteiger charge is 2.36. The second kappa shape index (κ2) is 3.19. The Morgan fingerprint density at radius 1 is 1.19 bits per heavy atom. The van der Waals surface area contributed by atoms with Crippen molar-refractivity contribution in [2.45, 2.75) is 51.9 Å². The van der Waals surface area contributed by atoms with Crippen LogP contribution < -0.4 is 0 Å². The van der Waals surface area contributed by atoms with Gasteiger partial charge in [-0.05, 0) is 22.0 Å². The summed E-state index contributed by atoms with van der Waals surface area (Å²) in [5.74, 6) is 0.292. The predicted molar refractivity (Wildman–Crippen MR) is 67.1 cm³/mol. The second-order valence-electron chi connectivity index (χ2n) is 6.49. The van der Waals surface area contributed by atoms with Gasteiger partial charge in [0.15, 0.2) is 5.78 Å². The smallest absolute Gasteiger partial charge is 0.164 e. The van der Waals surface area contributed by atoms with Gasteiger partial charge in [-0.15, -0.1) is 0 Å². The number of rotatable bonds is 0. The quantitative estimate of drug-likeness (QED) is 0.644. The molecular formula is C15H20O. The second-order valence-corrected chi connectivity index (χ2v) is 6.49. The van der Waals surface area contributed by atoms with Gasteiger partial charge in [0.05, 0.1) is 0 Å². The van der Waals surface area contributed by atoms with Crippen LogP contribution in [0.25, 0.3) is 0 Å². The van der Waals surface area contributed by atoms with Gasteiger partial charge < -0.3 is 0 Å². The maximum Gasteiger partial charge on any atom is 0.164 e. The van der Waals surface area contributed by atoms with Crippen molar-refractivity contribution in [3.8, 4) is 0 Å². The van der Waals surface area contributed by atoms with Gasteiger partial charge in [0.25, 0.3) is 0 Å². The first-order valence-corrected chi connectivity index (χ1v) is 5.90. The zero-order valence-electron chi connectivity index (χ0n) is 10.8.